The summed E-state index contributed by atoms with van der Waals surface area (Å²) in [5.41, 5.74) is 5.47. The number of anilines is 1. The number of nitrogens with two attached hydrogens (primary N) is 1. The average molecular weight is 265 g/mol. The number of amides is 1. The third-order valence-electron chi connectivity index (χ3n) is 2.35. The Bertz CT molecular complexity index is 533. The van der Waals surface area contributed by atoms with Crippen LogP contribution in [0.5, 0.6) is 0 Å². The highest BCUT2D eigenvalue weighted by Crippen LogP contribution is 2.12. The Kier molecular flexibility index (Phi) is 3.93. The van der Waals surface area contributed by atoms with Crippen LogP contribution in [-0.4, -0.2) is 20.7 Å². The van der Waals surface area contributed by atoms with Crippen LogP contribution in [0.25, 0.3) is 0 Å². The van der Waals surface area contributed by atoms with Crippen molar-refractivity contribution < 1.29 is 4.79 Å². The van der Waals surface area contributed by atoms with E-state index < -0.39 is 0 Å². The van der Waals surface area contributed by atoms with Crippen LogP contribution in [0.2, 0.25) is 0 Å². The maximum Gasteiger partial charge on any atom is 0.242 e. The second-order valence-corrected chi connectivity index (χ2v) is 4.99. The van der Waals surface area contributed by atoms with E-state index in [-0.39, 0.29) is 12.5 Å². The van der Waals surface area contributed by atoms with Crippen molar-refractivity contribution in [3.8, 4) is 0 Å². The monoisotopic (exact) mass is 265 g/mol. The molecule has 0 aliphatic rings. The Hall–Kier alpha value is -1.89. The SMILES string of the molecule is CCc1cnc(CNC(=O)Cn2ccc(N)n2)s1. The molecule has 2 aromatic heterocycles. The molecule has 3 N–H and O–H groups in total. The van der Waals surface area contributed by atoms with Gasteiger partial charge in [-0.2, -0.15) is 5.10 Å². The first-order chi connectivity index (χ1) is 8.67. The van der Waals surface area contributed by atoms with Crippen LogP contribution in [0.4, 0.5) is 5.82 Å². The van der Waals surface area contributed by atoms with Gasteiger partial charge in [-0.3, -0.25) is 9.48 Å². The molecule has 96 valence electrons. The van der Waals surface area contributed by atoms with Crippen molar-refractivity contribution in [1.82, 2.24) is 20.1 Å². The van der Waals surface area contributed by atoms with Gasteiger partial charge in [0.15, 0.2) is 0 Å². The van der Waals surface area contributed by atoms with Crippen molar-refractivity contribution in [1.29, 1.82) is 0 Å². The van der Waals surface area contributed by atoms with Crippen molar-refractivity contribution in [2.75, 3.05) is 5.73 Å². The zero-order chi connectivity index (χ0) is 13.0. The predicted octanol–water partition coefficient (Wildman–Crippen LogP) is 0.801. The van der Waals surface area contributed by atoms with Crippen LogP contribution in [0.15, 0.2) is 18.5 Å². The lowest BCUT2D eigenvalue weighted by atomic mass is 10.4. The summed E-state index contributed by atoms with van der Waals surface area (Å²) >= 11 is 1.62. The van der Waals surface area contributed by atoms with Gasteiger partial charge in [-0.15, -0.1) is 11.3 Å². The normalized spacial score (nSPS) is 10.5. The quantitative estimate of drug-likeness (QED) is 0.837. The van der Waals surface area contributed by atoms with E-state index in [1.807, 2.05) is 6.20 Å². The van der Waals surface area contributed by atoms with E-state index in [2.05, 4.69) is 22.3 Å². The second-order valence-electron chi connectivity index (χ2n) is 3.79. The maximum atomic E-state index is 11.6. The number of carbonyl (C=O) groups excluding carboxylic acids is 1. The van der Waals surface area contributed by atoms with Gasteiger partial charge in [0.25, 0.3) is 0 Å². The predicted molar refractivity (Wildman–Crippen MR) is 70.0 cm³/mol. The van der Waals surface area contributed by atoms with Crippen molar-refractivity contribution in [2.45, 2.75) is 26.4 Å². The first kappa shape index (κ1) is 12.6. The molecule has 0 aliphatic heterocycles. The van der Waals surface area contributed by atoms with E-state index in [0.717, 1.165) is 11.4 Å². The lowest BCUT2D eigenvalue weighted by Crippen LogP contribution is -2.27. The summed E-state index contributed by atoms with van der Waals surface area (Å²) in [6.07, 6.45) is 4.49. The highest BCUT2D eigenvalue weighted by molar-refractivity contribution is 7.11. The number of carbonyl (C=O) groups is 1. The van der Waals surface area contributed by atoms with Gasteiger partial charge in [-0.1, -0.05) is 6.92 Å². The van der Waals surface area contributed by atoms with Crippen molar-refractivity contribution in [3.63, 3.8) is 0 Å². The fourth-order valence-electron chi connectivity index (χ4n) is 1.44. The molecular weight excluding hydrogens is 250 g/mol. The van der Waals surface area contributed by atoms with Crippen LogP contribution in [-0.2, 0) is 24.3 Å². The number of thiazole rings is 1. The third kappa shape index (κ3) is 3.30. The summed E-state index contributed by atoms with van der Waals surface area (Å²) in [5, 5.41) is 7.66. The van der Waals surface area contributed by atoms with Gasteiger partial charge in [-0.05, 0) is 12.5 Å². The lowest BCUT2D eigenvalue weighted by molar-refractivity contribution is -0.122. The maximum absolute atomic E-state index is 11.6. The molecule has 18 heavy (non-hydrogen) atoms. The molecule has 0 atom stereocenters. The first-order valence-electron chi connectivity index (χ1n) is 5.66. The van der Waals surface area contributed by atoms with Crippen LogP contribution >= 0.6 is 11.3 Å². The Morgan fingerprint density at radius 3 is 3.06 bits per heavy atom. The zero-order valence-electron chi connectivity index (χ0n) is 10.1. The molecule has 0 saturated carbocycles. The second kappa shape index (κ2) is 5.63. The molecule has 0 spiro atoms. The minimum absolute atomic E-state index is 0.105. The van der Waals surface area contributed by atoms with Gasteiger partial charge in [-0.25, -0.2) is 4.98 Å². The van der Waals surface area contributed by atoms with E-state index in [0.29, 0.717) is 12.4 Å². The molecule has 0 saturated heterocycles. The molecule has 6 nitrogen and oxygen atoms in total. The molecule has 2 heterocycles. The minimum atomic E-state index is -0.105. The van der Waals surface area contributed by atoms with Gasteiger partial charge in [0.05, 0.1) is 6.54 Å². The molecule has 2 aromatic rings. The fourth-order valence-corrected chi connectivity index (χ4v) is 2.24. The highest BCUT2D eigenvalue weighted by Gasteiger charge is 2.05. The van der Waals surface area contributed by atoms with Crippen molar-refractivity contribution in [3.05, 3.63) is 28.3 Å². The number of aromatic nitrogens is 3. The fraction of sp³-hybridized carbons (Fsp3) is 0.364. The number of rotatable bonds is 5. The van der Waals surface area contributed by atoms with E-state index >= 15 is 0 Å². The summed E-state index contributed by atoms with van der Waals surface area (Å²) in [6, 6.07) is 1.65. The Balaban J connectivity index is 1.81. The van der Waals surface area contributed by atoms with Gasteiger partial charge in [0, 0.05) is 17.3 Å². The van der Waals surface area contributed by atoms with E-state index in [4.69, 9.17) is 5.73 Å². The molecule has 0 unspecified atom stereocenters. The van der Waals surface area contributed by atoms with E-state index in [1.165, 1.54) is 9.56 Å². The summed E-state index contributed by atoms with van der Waals surface area (Å²) in [7, 11) is 0. The number of nitrogens with zero attached hydrogens (tertiary/aromatic N) is 3. The molecule has 2 rings (SSSR count). The molecular formula is C11H15N5OS. The molecule has 0 fully saturated rings. The first-order valence-corrected chi connectivity index (χ1v) is 6.48. The summed E-state index contributed by atoms with van der Waals surface area (Å²) < 4.78 is 1.50. The van der Waals surface area contributed by atoms with Crippen molar-refractivity contribution >= 4 is 23.1 Å². The highest BCUT2D eigenvalue weighted by atomic mass is 32.1. The number of aryl methyl sites for hydroxylation is 1. The largest absolute Gasteiger partial charge is 0.382 e. The van der Waals surface area contributed by atoms with Crippen LogP contribution in [0.1, 0.15) is 16.8 Å². The number of hydrogen-bond donors (Lipinski definition) is 2. The standard InChI is InChI=1S/C11H15N5OS/c1-2-8-5-14-11(18-8)6-13-10(17)7-16-4-3-9(12)15-16/h3-5H,2,6-7H2,1H3,(H2,12,15)(H,13,17). The zero-order valence-corrected chi connectivity index (χ0v) is 10.9. The van der Waals surface area contributed by atoms with Crippen LogP contribution in [0, 0.1) is 0 Å². The Morgan fingerprint density at radius 1 is 1.61 bits per heavy atom. The minimum Gasteiger partial charge on any atom is -0.382 e. The molecule has 0 bridgehead atoms. The Morgan fingerprint density at radius 2 is 2.44 bits per heavy atom. The van der Waals surface area contributed by atoms with Gasteiger partial charge in [0.1, 0.15) is 17.4 Å². The average Bonchev–Trinajstić information content (AvgIpc) is 2.95. The van der Waals surface area contributed by atoms with E-state index in [1.54, 1.807) is 23.6 Å². The number of nitrogen functional groups attached to an aromatic ring is 1. The third-order valence-corrected chi connectivity index (χ3v) is 3.50. The lowest BCUT2D eigenvalue weighted by Gasteiger charge is -2.02. The number of hydrogen-bond acceptors (Lipinski definition) is 5. The molecule has 1 amide bonds. The molecule has 0 aromatic carbocycles. The van der Waals surface area contributed by atoms with Gasteiger partial charge < -0.3 is 11.1 Å². The van der Waals surface area contributed by atoms with Crippen LogP contribution < -0.4 is 11.1 Å². The van der Waals surface area contributed by atoms with Crippen LogP contribution in [0.3, 0.4) is 0 Å². The summed E-state index contributed by atoms with van der Waals surface area (Å²) in [4.78, 5) is 17.1. The molecule has 7 heteroatoms. The number of nitrogens with one attached hydrogen (secondary N) is 1. The molecule has 0 aliphatic carbocycles. The smallest absolute Gasteiger partial charge is 0.242 e. The molecule has 0 radical (unpaired) electrons. The summed E-state index contributed by atoms with van der Waals surface area (Å²) in [6.45, 7) is 2.71. The topological polar surface area (TPSA) is 85.8 Å². The Labute approximate surface area is 109 Å². The van der Waals surface area contributed by atoms with Gasteiger partial charge in [0.2, 0.25) is 5.91 Å². The van der Waals surface area contributed by atoms with E-state index in [9.17, 15) is 4.79 Å². The summed E-state index contributed by atoms with van der Waals surface area (Å²) in [5.74, 6) is 0.307. The van der Waals surface area contributed by atoms with Crippen molar-refractivity contribution in [2.24, 2.45) is 0 Å². The van der Waals surface area contributed by atoms with Gasteiger partial charge >= 0.3 is 0 Å².